The molecule has 16 heavy (non-hydrogen) atoms. The first-order chi connectivity index (χ1) is 7.77. The lowest BCUT2D eigenvalue weighted by Crippen LogP contribution is -2.47. The number of rotatable bonds is 3. The normalized spacial score (nSPS) is 20.7. The number of nitrogens with zero attached hydrogens (tertiary/aromatic N) is 2. The molecule has 88 valence electrons. The fraction of sp³-hybridized carbons (Fsp3) is 0.636. The van der Waals surface area contributed by atoms with Gasteiger partial charge >= 0.3 is 0 Å². The molecule has 1 atom stereocenters. The molecular formula is C11H17N3OS. The van der Waals surface area contributed by atoms with Gasteiger partial charge in [-0.05, 0) is 19.4 Å². The molecule has 0 spiro atoms. The van der Waals surface area contributed by atoms with Crippen molar-refractivity contribution in [3.8, 4) is 0 Å². The van der Waals surface area contributed by atoms with Gasteiger partial charge in [0, 0.05) is 12.4 Å². The van der Waals surface area contributed by atoms with E-state index in [0.717, 1.165) is 25.1 Å². The summed E-state index contributed by atoms with van der Waals surface area (Å²) in [6.07, 6.45) is 3.29. The van der Waals surface area contributed by atoms with E-state index in [1.807, 2.05) is 12.4 Å². The van der Waals surface area contributed by atoms with Crippen LogP contribution in [0.25, 0.3) is 0 Å². The SMILES string of the molecule is CN(Cc1cscn1)C(=O)[C@H]1CCCCN1. The molecule has 1 aliphatic heterocycles. The Morgan fingerprint density at radius 3 is 3.19 bits per heavy atom. The van der Waals surface area contributed by atoms with Crippen molar-refractivity contribution >= 4 is 17.2 Å². The molecule has 0 saturated carbocycles. The number of thiazole rings is 1. The molecule has 0 aromatic carbocycles. The van der Waals surface area contributed by atoms with Crippen LogP contribution in [0.15, 0.2) is 10.9 Å². The van der Waals surface area contributed by atoms with E-state index in [0.29, 0.717) is 6.54 Å². The van der Waals surface area contributed by atoms with Gasteiger partial charge in [0.15, 0.2) is 0 Å². The maximum atomic E-state index is 12.1. The van der Waals surface area contributed by atoms with E-state index in [1.165, 1.54) is 6.42 Å². The predicted octanol–water partition coefficient (Wildman–Crippen LogP) is 1.24. The predicted molar refractivity (Wildman–Crippen MR) is 64.2 cm³/mol. The van der Waals surface area contributed by atoms with E-state index in [9.17, 15) is 4.79 Å². The zero-order chi connectivity index (χ0) is 11.4. The Labute approximate surface area is 99.7 Å². The summed E-state index contributed by atoms with van der Waals surface area (Å²) in [7, 11) is 1.85. The molecule has 0 aliphatic carbocycles. The second kappa shape index (κ2) is 5.41. The summed E-state index contributed by atoms with van der Waals surface area (Å²) in [5.41, 5.74) is 2.77. The van der Waals surface area contributed by atoms with Crippen LogP contribution >= 0.6 is 11.3 Å². The molecular weight excluding hydrogens is 222 g/mol. The Balaban J connectivity index is 1.88. The third-order valence-electron chi connectivity index (χ3n) is 2.87. The highest BCUT2D eigenvalue weighted by Crippen LogP contribution is 2.11. The maximum absolute atomic E-state index is 12.1. The van der Waals surface area contributed by atoms with Crippen molar-refractivity contribution in [3.63, 3.8) is 0 Å². The van der Waals surface area contributed by atoms with Crippen molar-refractivity contribution in [3.05, 3.63) is 16.6 Å². The Kier molecular flexibility index (Phi) is 3.90. The summed E-state index contributed by atoms with van der Waals surface area (Å²) < 4.78 is 0. The largest absolute Gasteiger partial charge is 0.338 e. The Morgan fingerprint density at radius 1 is 1.69 bits per heavy atom. The second-order valence-electron chi connectivity index (χ2n) is 4.18. The quantitative estimate of drug-likeness (QED) is 0.863. The summed E-state index contributed by atoms with van der Waals surface area (Å²) >= 11 is 1.56. The van der Waals surface area contributed by atoms with Crippen LogP contribution in [0.2, 0.25) is 0 Å². The fourth-order valence-electron chi connectivity index (χ4n) is 1.97. The van der Waals surface area contributed by atoms with Gasteiger partial charge in [0.05, 0.1) is 23.8 Å². The number of likely N-dealkylation sites (N-methyl/N-ethyl adjacent to an activating group) is 1. The van der Waals surface area contributed by atoms with Crippen LogP contribution < -0.4 is 5.32 Å². The third kappa shape index (κ3) is 2.80. The fourth-order valence-corrected chi connectivity index (χ4v) is 2.51. The molecule has 5 heteroatoms. The number of amides is 1. The Hall–Kier alpha value is -0.940. The van der Waals surface area contributed by atoms with Crippen LogP contribution in [0.4, 0.5) is 0 Å². The molecule has 1 aromatic heterocycles. The summed E-state index contributed by atoms with van der Waals surface area (Å²) in [4.78, 5) is 18.0. The molecule has 1 N–H and O–H groups in total. The molecule has 1 saturated heterocycles. The van der Waals surface area contributed by atoms with Crippen LogP contribution in [0.3, 0.4) is 0 Å². The average Bonchev–Trinajstić information content (AvgIpc) is 2.82. The Bertz CT molecular complexity index is 333. The van der Waals surface area contributed by atoms with Gasteiger partial charge in [-0.25, -0.2) is 4.98 Å². The second-order valence-corrected chi connectivity index (χ2v) is 4.90. The highest BCUT2D eigenvalue weighted by atomic mass is 32.1. The first-order valence-electron chi connectivity index (χ1n) is 5.63. The van der Waals surface area contributed by atoms with E-state index in [2.05, 4.69) is 10.3 Å². The van der Waals surface area contributed by atoms with Gasteiger partial charge in [0.25, 0.3) is 0 Å². The minimum Gasteiger partial charge on any atom is -0.338 e. The maximum Gasteiger partial charge on any atom is 0.239 e. The van der Waals surface area contributed by atoms with Gasteiger partial charge < -0.3 is 10.2 Å². The standard InChI is InChI=1S/C11H17N3OS/c1-14(6-9-7-16-8-13-9)11(15)10-4-2-3-5-12-10/h7-8,10,12H,2-6H2,1H3/t10-/m1/s1. The molecule has 0 radical (unpaired) electrons. The van der Waals surface area contributed by atoms with E-state index in [1.54, 1.807) is 21.7 Å². The molecule has 1 aliphatic rings. The minimum atomic E-state index is 0.0115. The number of hydrogen-bond donors (Lipinski definition) is 1. The van der Waals surface area contributed by atoms with Gasteiger partial charge in [-0.3, -0.25) is 4.79 Å². The van der Waals surface area contributed by atoms with E-state index < -0.39 is 0 Å². The number of carbonyl (C=O) groups is 1. The summed E-state index contributed by atoms with van der Waals surface area (Å²) in [6.45, 7) is 1.57. The molecule has 1 aromatic rings. The smallest absolute Gasteiger partial charge is 0.239 e. The van der Waals surface area contributed by atoms with E-state index in [-0.39, 0.29) is 11.9 Å². The molecule has 0 unspecified atom stereocenters. The lowest BCUT2D eigenvalue weighted by molar-refractivity contribution is -0.133. The van der Waals surface area contributed by atoms with Crippen molar-refractivity contribution in [1.82, 2.24) is 15.2 Å². The monoisotopic (exact) mass is 239 g/mol. The molecule has 2 heterocycles. The van der Waals surface area contributed by atoms with Gasteiger partial charge in [0.1, 0.15) is 0 Å². The number of hydrogen-bond acceptors (Lipinski definition) is 4. The van der Waals surface area contributed by atoms with Gasteiger partial charge in [-0.15, -0.1) is 11.3 Å². The zero-order valence-electron chi connectivity index (χ0n) is 9.48. The van der Waals surface area contributed by atoms with Crippen LogP contribution in [-0.2, 0) is 11.3 Å². The first kappa shape index (κ1) is 11.5. The number of carbonyl (C=O) groups excluding carboxylic acids is 1. The highest BCUT2D eigenvalue weighted by Gasteiger charge is 2.23. The summed E-state index contributed by atoms with van der Waals surface area (Å²) in [5.74, 6) is 0.188. The van der Waals surface area contributed by atoms with E-state index >= 15 is 0 Å². The molecule has 1 fully saturated rings. The molecule has 0 bridgehead atoms. The number of piperidine rings is 1. The van der Waals surface area contributed by atoms with Gasteiger partial charge in [-0.1, -0.05) is 6.42 Å². The third-order valence-corrected chi connectivity index (χ3v) is 3.50. The lowest BCUT2D eigenvalue weighted by atomic mass is 10.0. The van der Waals surface area contributed by atoms with Gasteiger partial charge in [0.2, 0.25) is 5.91 Å². The molecule has 4 nitrogen and oxygen atoms in total. The average molecular weight is 239 g/mol. The summed E-state index contributed by atoms with van der Waals surface area (Å²) in [5, 5.41) is 5.25. The van der Waals surface area contributed by atoms with Crippen molar-refractivity contribution in [2.75, 3.05) is 13.6 Å². The minimum absolute atomic E-state index is 0.0115. The number of aromatic nitrogens is 1. The van der Waals surface area contributed by atoms with Gasteiger partial charge in [-0.2, -0.15) is 0 Å². The van der Waals surface area contributed by atoms with Crippen LogP contribution in [0, 0.1) is 0 Å². The van der Waals surface area contributed by atoms with Crippen LogP contribution in [-0.4, -0.2) is 35.4 Å². The van der Waals surface area contributed by atoms with Crippen molar-refractivity contribution in [1.29, 1.82) is 0 Å². The van der Waals surface area contributed by atoms with Crippen molar-refractivity contribution in [2.45, 2.75) is 31.8 Å². The topological polar surface area (TPSA) is 45.2 Å². The summed E-state index contributed by atoms with van der Waals surface area (Å²) in [6, 6.07) is 0.0115. The lowest BCUT2D eigenvalue weighted by Gasteiger charge is -2.27. The first-order valence-corrected chi connectivity index (χ1v) is 6.57. The molecule has 1 amide bonds. The molecule has 2 rings (SSSR count). The van der Waals surface area contributed by atoms with Crippen molar-refractivity contribution < 1.29 is 4.79 Å². The van der Waals surface area contributed by atoms with E-state index in [4.69, 9.17) is 0 Å². The van der Waals surface area contributed by atoms with Crippen molar-refractivity contribution in [2.24, 2.45) is 0 Å². The highest BCUT2D eigenvalue weighted by molar-refractivity contribution is 7.07. The zero-order valence-corrected chi connectivity index (χ0v) is 10.3. The van der Waals surface area contributed by atoms with Crippen LogP contribution in [0.5, 0.6) is 0 Å². The Morgan fingerprint density at radius 2 is 2.56 bits per heavy atom. The van der Waals surface area contributed by atoms with Crippen LogP contribution in [0.1, 0.15) is 25.0 Å². The number of nitrogens with one attached hydrogen (secondary N) is 1.